The second kappa shape index (κ2) is 3.50. The Morgan fingerprint density at radius 2 is 2.47 bits per heavy atom. The quantitative estimate of drug-likeness (QED) is 0.777. The second-order valence-corrected chi connectivity index (χ2v) is 4.67. The Balaban J connectivity index is 1.66. The molecule has 1 fully saturated rings. The van der Waals surface area contributed by atoms with Crippen LogP contribution in [0.3, 0.4) is 0 Å². The summed E-state index contributed by atoms with van der Waals surface area (Å²) in [5.41, 5.74) is 1.26. The van der Waals surface area contributed by atoms with E-state index in [9.17, 15) is 4.79 Å². The van der Waals surface area contributed by atoms with Crippen LogP contribution in [0.1, 0.15) is 18.4 Å². The second-order valence-electron chi connectivity index (χ2n) is 3.92. The summed E-state index contributed by atoms with van der Waals surface area (Å²) in [4.78, 5) is 16.7. The minimum absolute atomic E-state index is 0.152. The van der Waals surface area contributed by atoms with Gasteiger partial charge in [-0.1, -0.05) is 0 Å². The van der Waals surface area contributed by atoms with Gasteiger partial charge in [0.05, 0.1) is 12.6 Å². The summed E-state index contributed by atoms with van der Waals surface area (Å²) >= 11 is 1.67. The number of rotatable bonds is 1. The Morgan fingerprint density at radius 3 is 3.20 bits per heavy atom. The van der Waals surface area contributed by atoms with Crippen LogP contribution in [0, 0.1) is 0 Å². The number of nitrogens with zero attached hydrogens (tertiary/aromatic N) is 1. The highest BCUT2D eigenvalue weighted by Gasteiger charge is 2.31. The van der Waals surface area contributed by atoms with Crippen LogP contribution in [0.5, 0.6) is 5.75 Å². The zero-order valence-electron chi connectivity index (χ0n) is 8.23. The highest BCUT2D eigenvalue weighted by Crippen LogP contribution is 2.33. The summed E-state index contributed by atoms with van der Waals surface area (Å²) in [6, 6.07) is 0.320. The van der Waals surface area contributed by atoms with Crippen molar-refractivity contribution in [3.63, 3.8) is 0 Å². The lowest BCUT2D eigenvalue weighted by Gasteiger charge is -2.29. The lowest BCUT2D eigenvalue weighted by Crippen LogP contribution is -2.47. The van der Waals surface area contributed by atoms with E-state index in [0.717, 1.165) is 18.7 Å². The fourth-order valence-electron chi connectivity index (χ4n) is 2.00. The number of piperidine rings is 1. The highest BCUT2D eigenvalue weighted by molar-refractivity contribution is 7.08. The van der Waals surface area contributed by atoms with E-state index in [4.69, 9.17) is 4.84 Å². The molecule has 1 saturated heterocycles. The van der Waals surface area contributed by atoms with Gasteiger partial charge in [0.25, 0.3) is 0 Å². The molecule has 0 radical (unpaired) electrons. The first-order valence-corrected chi connectivity index (χ1v) is 6.03. The van der Waals surface area contributed by atoms with Crippen molar-refractivity contribution in [1.29, 1.82) is 0 Å². The van der Waals surface area contributed by atoms with Crippen molar-refractivity contribution < 1.29 is 9.63 Å². The number of thiophene rings is 1. The molecule has 1 N–H and O–H groups in total. The van der Waals surface area contributed by atoms with Crippen LogP contribution < -0.4 is 10.2 Å². The number of fused-ring (bicyclic) bond motifs is 1. The van der Waals surface area contributed by atoms with Gasteiger partial charge in [0.1, 0.15) is 0 Å². The zero-order valence-corrected chi connectivity index (χ0v) is 9.05. The number of nitrogens with one attached hydrogen (secondary N) is 1. The zero-order chi connectivity index (χ0) is 10.3. The smallest absolute Gasteiger partial charge is 0.220 e. The van der Waals surface area contributed by atoms with Crippen LogP contribution in [0.25, 0.3) is 0 Å². The third kappa shape index (κ3) is 1.61. The third-order valence-electron chi connectivity index (χ3n) is 2.89. The van der Waals surface area contributed by atoms with Crippen LogP contribution in [0.2, 0.25) is 0 Å². The Morgan fingerprint density at radius 1 is 1.53 bits per heavy atom. The molecule has 3 rings (SSSR count). The summed E-state index contributed by atoms with van der Waals surface area (Å²) in [5, 5.41) is 9.00. The van der Waals surface area contributed by atoms with Gasteiger partial charge in [-0.2, -0.15) is 0 Å². The Labute approximate surface area is 91.8 Å². The van der Waals surface area contributed by atoms with Crippen molar-refractivity contribution in [2.75, 3.05) is 6.54 Å². The Bertz CT molecular complexity index is 360. The van der Waals surface area contributed by atoms with Gasteiger partial charge in [0, 0.05) is 23.9 Å². The molecule has 1 aromatic rings. The molecule has 0 spiro atoms. The van der Waals surface area contributed by atoms with Crippen molar-refractivity contribution in [2.45, 2.75) is 25.4 Å². The van der Waals surface area contributed by atoms with Gasteiger partial charge in [-0.15, -0.1) is 16.4 Å². The molecule has 0 bridgehead atoms. The molecule has 0 aromatic carbocycles. The Hall–Kier alpha value is -1.07. The molecular formula is C10H12N2O2S. The predicted molar refractivity (Wildman–Crippen MR) is 56.5 cm³/mol. The van der Waals surface area contributed by atoms with Crippen LogP contribution >= 0.6 is 11.3 Å². The van der Waals surface area contributed by atoms with Gasteiger partial charge >= 0.3 is 0 Å². The van der Waals surface area contributed by atoms with Crippen LogP contribution in [-0.2, 0) is 11.3 Å². The maximum atomic E-state index is 11.0. The van der Waals surface area contributed by atoms with Gasteiger partial charge in [-0.3, -0.25) is 4.79 Å². The fourth-order valence-corrected chi connectivity index (χ4v) is 2.74. The molecule has 4 nitrogen and oxygen atoms in total. The molecule has 2 aliphatic heterocycles. The first-order chi connectivity index (χ1) is 7.33. The van der Waals surface area contributed by atoms with E-state index >= 15 is 0 Å². The van der Waals surface area contributed by atoms with E-state index in [2.05, 4.69) is 10.7 Å². The molecule has 0 unspecified atom stereocenters. The SMILES string of the molecule is O=C1CC[C@@H](N2Cc3cscc3O2)CN1. The van der Waals surface area contributed by atoms with Crippen LogP contribution in [0.4, 0.5) is 0 Å². The molecule has 5 heteroatoms. The normalized spacial score (nSPS) is 25.9. The standard InChI is InChI=1S/C10H12N2O2S/c13-10-2-1-8(3-11-10)12-4-7-5-15-6-9(7)14-12/h5-6,8H,1-4H2,(H,11,13)/t8-/m1/s1. The molecule has 80 valence electrons. The average Bonchev–Trinajstić information content (AvgIpc) is 2.78. The molecule has 0 saturated carbocycles. The molecular weight excluding hydrogens is 212 g/mol. The predicted octanol–water partition coefficient (Wildman–Crippen LogP) is 1.14. The van der Waals surface area contributed by atoms with Crippen molar-refractivity contribution in [2.24, 2.45) is 0 Å². The lowest BCUT2D eigenvalue weighted by atomic mass is 10.1. The molecule has 0 aliphatic carbocycles. The van der Waals surface area contributed by atoms with Crippen molar-refractivity contribution in [1.82, 2.24) is 10.4 Å². The number of hydrogen-bond donors (Lipinski definition) is 1. The number of carbonyl (C=O) groups is 1. The van der Waals surface area contributed by atoms with E-state index in [1.54, 1.807) is 11.3 Å². The summed E-state index contributed by atoms with van der Waals surface area (Å²) < 4.78 is 0. The van der Waals surface area contributed by atoms with Gasteiger partial charge in [-0.05, 0) is 11.8 Å². The van der Waals surface area contributed by atoms with E-state index in [0.29, 0.717) is 19.0 Å². The summed E-state index contributed by atoms with van der Waals surface area (Å²) in [6.07, 6.45) is 1.50. The van der Waals surface area contributed by atoms with Crippen molar-refractivity contribution in [3.8, 4) is 5.75 Å². The topological polar surface area (TPSA) is 41.6 Å². The van der Waals surface area contributed by atoms with Gasteiger partial charge in [0.2, 0.25) is 5.91 Å². The molecule has 15 heavy (non-hydrogen) atoms. The largest absolute Gasteiger partial charge is 0.404 e. The number of hydrogen-bond acceptors (Lipinski definition) is 4. The third-order valence-corrected chi connectivity index (χ3v) is 3.66. The summed E-state index contributed by atoms with van der Waals surface area (Å²) in [7, 11) is 0. The van der Waals surface area contributed by atoms with Crippen LogP contribution in [-0.4, -0.2) is 23.6 Å². The summed E-state index contributed by atoms with van der Waals surface area (Å²) in [5.74, 6) is 1.14. The van der Waals surface area contributed by atoms with Gasteiger partial charge in [-0.25, -0.2) is 0 Å². The molecule has 1 atom stereocenters. The monoisotopic (exact) mass is 224 g/mol. The number of carbonyl (C=O) groups excluding carboxylic acids is 1. The van der Waals surface area contributed by atoms with Crippen molar-refractivity contribution >= 4 is 17.2 Å². The highest BCUT2D eigenvalue weighted by atomic mass is 32.1. The minimum atomic E-state index is 0.152. The van der Waals surface area contributed by atoms with Crippen molar-refractivity contribution in [3.05, 3.63) is 16.3 Å². The van der Waals surface area contributed by atoms with E-state index in [1.165, 1.54) is 5.56 Å². The average molecular weight is 224 g/mol. The van der Waals surface area contributed by atoms with Gasteiger partial charge < -0.3 is 10.2 Å². The molecule has 3 heterocycles. The number of amides is 1. The fraction of sp³-hybridized carbons (Fsp3) is 0.500. The van der Waals surface area contributed by atoms with E-state index in [1.807, 2.05) is 10.4 Å². The first kappa shape index (κ1) is 9.18. The van der Waals surface area contributed by atoms with E-state index < -0.39 is 0 Å². The van der Waals surface area contributed by atoms with E-state index in [-0.39, 0.29) is 5.91 Å². The number of hydroxylamine groups is 2. The molecule has 2 aliphatic rings. The molecule has 1 amide bonds. The maximum absolute atomic E-state index is 11.0. The lowest BCUT2D eigenvalue weighted by molar-refractivity contribution is -0.128. The molecule has 1 aromatic heterocycles. The first-order valence-electron chi connectivity index (χ1n) is 5.09. The summed E-state index contributed by atoms with van der Waals surface area (Å²) in [6.45, 7) is 1.55. The minimum Gasteiger partial charge on any atom is -0.404 e. The Kier molecular flexibility index (Phi) is 2.14. The maximum Gasteiger partial charge on any atom is 0.220 e. The van der Waals surface area contributed by atoms with Crippen LogP contribution in [0.15, 0.2) is 10.8 Å². The van der Waals surface area contributed by atoms with Gasteiger partial charge in [0.15, 0.2) is 5.75 Å².